The maximum Gasteiger partial charge on any atom is 0.265 e. The van der Waals surface area contributed by atoms with Crippen LogP contribution in [0.3, 0.4) is 0 Å². The number of amides is 2. The van der Waals surface area contributed by atoms with Gasteiger partial charge in [0.05, 0.1) is 10.6 Å². The Labute approximate surface area is 163 Å². The Bertz CT molecular complexity index is 1030. The van der Waals surface area contributed by atoms with Crippen molar-refractivity contribution >= 4 is 33.2 Å². The monoisotopic (exact) mass is 399 g/mol. The molecule has 7 nitrogen and oxygen atoms in total. The van der Waals surface area contributed by atoms with Crippen molar-refractivity contribution in [1.82, 2.24) is 0 Å². The summed E-state index contributed by atoms with van der Waals surface area (Å²) in [4.78, 5) is 25.6. The van der Waals surface area contributed by atoms with Gasteiger partial charge in [-0.1, -0.05) is 18.2 Å². The van der Waals surface area contributed by atoms with Crippen LogP contribution in [0.5, 0.6) is 0 Å². The Morgan fingerprint density at radius 1 is 1.04 bits per heavy atom. The summed E-state index contributed by atoms with van der Waals surface area (Å²) in [5, 5.41) is 0. The van der Waals surface area contributed by atoms with E-state index in [9.17, 15) is 18.0 Å². The average Bonchev–Trinajstić information content (AvgIpc) is 3.13. The minimum Gasteiger partial charge on any atom is -0.368 e. The summed E-state index contributed by atoms with van der Waals surface area (Å²) < 4.78 is 27.9. The standard InChI is InChI=1S/C20H21N3O4S/c21-20(25)18-12-7-14-4-1-2-5-17(14)23(18)28(26,27)16-10-8-15(9-11-16)22-13-3-6-19(22)24/h1-2,4-5,8-11,18H,3,6-7,12-13H2,(H2,21,25). The molecule has 0 spiro atoms. The molecule has 4 rings (SSSR count). The van der Waals surface area contributed by atoms with Crippen molar-refractivity contribution in [3.63, 3.8) is 0 Å². The topological polar surface area (TPSA) is 101 Å². The van der Waals surface area contributed by atoms with Crippen LogP contribution in [-0.4, -0.2) is 32.8 Å². The summed E-state index contributed by atoms with van der Waals surface area (Å²) in [7, 11) is -3.99. The van der Waals surface area contributed by atoms with Gasteiger partial charge in [0, 0.05) is 18.7 Å². The smallest absolute Gasteiger partial charge is 0.265 e. The quantitative estimate of drug-likeness (QED) is 0.847. The maximum absolute atomic E-state index is 13.4. The fourth-order valence-corrected chi connectivity index (χ4v) is 5.59. The van der Waals surface area contributed by atoms with E-state index >= 15 is 0 Å². The lowest BCUT2D eigenvalue weighted by Gasteiger charge is -2.36. The Morgan fingerprint density at radius 2 is 1.75 bits per heavy atom. The third kappa shape index (κ3) is 3.03. The van der Waals surface area contributed by atoms with E-state index in [2.05, 4.69) is 0 Å². The molecule has 0 radical (unpaired) electrons. The molecule has 0 aromatic heterocycles. The van der Waals surface area contributed by atoms with E-state index in [0.717, 1.165) is 16.3 Å². The van der Waals surface area contributed by atoms with Crippen LogP contribution in [0.25, 0.3) is 0 Å². The fourth-order valence-electron chi connectivity index (χ4n) is 3.90. The molecule has 0 bridgehead atoms. The predicted molar refractivity (Wildman–Crippen MR) is 105 cm³/mol. The summed E-state index contributed by atoms with van der Waals surface area (Å²) in [6, 6.07) is 12.4. The predicted octanol–water partition coefficient (Wildman–Crippen LogP) is 1.81. The van der Waals surface area contributed by atoms with Crippen LogP contribution in [0.15, 0.2) is 53.4 Å². The first-order chi connectivity index (χ1) is 13.4. The van der Waals surface area contributed by atoms with E-state index in [0.29, 0.717) is 37.2 Å². The van der Waals surface area contributed by atoms with Gasteiger partial charge in [0.2, 0.25) is 11.8 Å². The zero-order chi connectivity index (χ0) is 19.9. The summed E-state index contributed by atoms with van der Waals surface area (Å²) in [6.07, 6.45) is 2.23. The number of para-hydroxylation sites is 1. The zero-order valence-corrected chi connectivity index (χ0v) is 16.1. The van der Waals surface area contributed by atoms with Crippen LogP contribution >= 0.6 is 0 Å². The van der Waals surface area contributed by atoms with E-state index in [-0.39, 0.29) is 10.8 Å². The number of rotatable bonds is 4. The Hall–Kier alpha value is -2.87. The molecule has 2 heterocycles. The maximum atomic E-state index is 13.4. The molecular weight excluding hydrogens is 378 g/mol. The van der Waals surface area contributed by atoms with Crippen molar-refractivity contribution in [1.29, 1.82) is 0 Å². The molecule has 1 fully saturated rings. The molecule has 2 aliphatic heterocycles. The third-order valence-electron chi connectivity index (χ3n) is 5.31. The fraction of sp³-hybridized carbons (Fsp3) is 0.300. The second-order valence-corrected chi connectivity index (χ2v) is 8.84. The molecule has 0 saturated carbocycles. The van der Waals surface area contributed by atoms with Crippen molar-refractivity contribution in [3.8, 4) is 0 Å². The van der Waals surface area contributed by atoms with Gasteiger partial charge in [-0.2, -0.15) is 0 Å². The number of primary amides is 1. The second kappa shape index (κ2) is 6.94. The minimum absolute atomic E-state index is 0.0364. The molecule has 2 aromatic carbocycles. The first kappa shape index (κ1) is 18.5. The van der Waals surface area contributed by atoms with Gasteiger partial charge in [0.25, 0.3) is 10.0 Å². The Morgan fingerprint density at radius 3 is 2.39 bits per heavy atom. The summed E-state index contributed by atoms with van der Waals surface area (Å²) in [5.74, 6) is -0.633. The summed E-state index contributed by atoms with van der Waals surface area (Å²) in [6.45, 7) is 0.633. The number of nitrogens with zero attached hydrogens (tertiary/aromatic N) is 2. The van der Waals surface area contributed by atoms with Crippen molar-refractivity contribution < 1.29 is 18.0 Å². The number of fused-ring (bicyclic) bond motifs is 1. The van der Waals surface area contributed by atoms with Gasteiger partial charge >= 0.3 is 0 Å². The molecule has 146 valence electrons. The highest BCUT2D eigenvalue weighted by Crippen LogP contribution is 2.35. The van der Waals surface area contributed by atoms with Gasteiger partial charge in [-0.25, -0.2) is 8.42 Å². The van der Waals surface area contributed by atoms with Gasteiger partial charge in [-0.15, -0.1) is 0 Å². The van der Waals surface area contributed by atoms with Gasteiger partial charge in [-0.05, 0) is 55.2 Å². The van der Waals surface area contributed by atoms with E-state index in [4.69, 9.17) is 5.73 Å². The normalized spacial score (nSPS) is 19.6. The van der Waals surface area contributed by atoms with Crippen LogP contribution in [0, 0.1) is 0 Å². The molecule has 0 aliphatic carbocycles. The third-order valence-corrected chi connectivity index (χ3v) is 7.14. The van der Waals surface area contributed by atoms with Crippen molar-refractivity contribution in [2.45, 2.75) is 36.6 Å². The number of hydrogen-bond donors (Lipinski definition) is 1. The molecule has 28 heavy (non-hydrogen) atoms. The SMILES string of the molecule is NC(=O)C1CCc2ccccc2N1S(=O)(=O)c1ccc(N2CCCC2=O)cc1. The van der Waals surface area contributed by atoms with Crippen molar-refractivity contribution in [2.75, 3.05) is 15.7 Å². The first-order valence-corrected chi connectivity index (χ1v) is 10.7. The van der Waals surface area contributed by atoms with E-state index in [1.54, 1.807) is 29.2 Å². The van der Waals surface area contributed by atoms with Crippen LogP contribution in [0.2, 0.25) is 0 Å². The van der Waals surface area contributed by atoms with E-state index < -0.39 is 22.0 Å². The van der Waals surface area contributed by atoms with Gasteiger partial charge in [0.15, 0.2) is 0 Å². The van der Waals surface area contributed by atoms with Gasteiger partial charge in [0.1, 0.15) is 6.04 Å². The molecule has 2 aliphatic rings. The highest BCUT2D eigenvalue weighted by molar-refractivity contribution is 7.93. The number of anilines is 2. The lowest BCUT2D eigenvalue weighted by atomic mass is 9.98. The number of hydrogen-bond acceptors (Lipinski definition) is 4. The average molecular weight is 399 g/mol. The zero-order valence-electron chi connectivity index (χ0n) is 15.2. The molecule has 1 unspecified atom stereocenters. The van der Waals surface area contributed by atoms with Crippen molar-refractivity contribution in [2.24, 2.45) is 5.73 Å². The minimum atomic E-state index is -3.99. The number of carbonyl (C=O) groups excluding carboxylic acids is 2. The number of aryl methyl sites for hydroxylation is 1. The van der Waals surface area contributed by atoms with Crippen LogP contribution in [-0.2, 0) is 26.0 Å². The molecule has 1 atom stereocenters. The molecule has 2 aromatic rings. The second-order valence-electron chi connectivity index (χ2n) is 7.03. The van der Waals surface area contributed by atoms with E-state index in [1.807, 2.05) is 12.1 Å². The van der Waals surface area contributed by atoms with Gasteiger partial charge < -0.3 is 10.6 Å². The molecule has 8 heteroatoms. The van der Waals surface area contributed by atoms with Crippen LogP contribution in [0.4, 0.5) is 11.4 Å². The summed E-state index contributed by atoms with van der Waals surface area (Å²) in [5.41, 5.74) is 7.54. The first-order valence-electron chi connectivity index (χ1n) is 9.21. The summed E-state index contributed by atoms with van der Waals surface area (Å²) >= 11 is 0. The lowest BCUT2D eigenvalue weighted by molar-refractivity contribution is -0.119. The van der Waals surface area contributed by atoms with Gasteiger partial charge in [-0.3, -0.25) is 13.9 Å². The highest BCUT2D eigenvalue weighted by Gasteiger charge is 2.38. The largest absolute Gasteiger partial charge is 0.368 e. The van der Waals surface area contributed by atoms with Crippen LogP contribution < -0.4 is 14.9 Å². The number of carbonyl (C=O) groups is 2. The highest BCUT2D eigenvalue weighted by atomic mass is 32.2. The molecule has 1 saturated heterocycles. The Balaban J connectivity index is 1.74. The lowest BCUT2D eigenvalue weighted by Crippen LogP contribution is -2.50. The number of nitrogens with two attached hydrogens (primary N) is 1. The van der Waals surface area contributed by atoms with E-state index in [1.165, 1.54) is 12.1 Å². The molecule has 2 N–H and O–H groups in total. The molecular formula is C20H21N3O4S. The molecule has 2 amide bonds. The van der Waals surface area contributed by atoms with Crippen LogP contribution in [0.1, 0.15) is 24.8 Å². The number of benzene rings is 2. The Kier molecular flexibility index (Phi) is 4.58. The van der Waals surface area contributed by atoms with Crippen molar-refractivity contribution in [3.05, 3.63) is 54.1 Å². The number of sulfonamides is 1.